The Morgan fingerprint density at radius 2 is 1.82 bits per heavy atom. The van der Waals surface area contributed by atoms with E-state index in [2.05, 4.69) is 18.3 Å². The molecule has 1 saturated carbocycles. The molecule has 1 heterocycles. The van der Waals surface area contributed by atoms with E-state index >= 15 is 0 Å². The number of nitrogens with zero attached hydrogens (tertiary/aromatic N) is 1. The number of benzene rings is 2. The van der Waals surface area contributed by atoms with E-state index < -0.39 is 0 Å². The summed E-state index contributed by atoms with van der Waals surface area (Å²) < 4.78 is 0. The van der Waals surface area contributed by atoms with Gasteiger partial charge in [0.2, 0.25) is 0 Å². The van der Waals surface area contributed by atoms with E-state index in [-0.39, 0.29) is 11.8 Å². The maximum Gasteiger partial charge on any atom is 0.251 e. The number of carbonyl (C=O) groups excluding carboxylic acids is 2. The van der Waals surface area contributed by atoms with Crippen LogP contribution in [0.2, 0.25) is 0 Å². The first-order valence-corrected chi connectivity index (χ1v) is 10.6. The fraction of sp³-hybridized carbons (Fsp3) is 0.304. The Balaban J connectivity index is 1.45. The van der Waals surface area contributed by atoms with E-state index in [9.17, 15) is 9.59 Å². The van der Waals surface area contributed by atoms with Crippen molar-refractivity contribution in [2.45, 2.75) is 42.4 Å². The molecule has 1 unspecified atom stereocenters. The van der Waals surface area contributed by atoms with Gasteiger partial charge in [0.25, 0.3) is 11.8 Å². The average molecular weight is 393 g/mol. The van der Waals surface area contributed by atoms with Gasteiger partial charge < -0.3 is 10.2 Å². The van der Waals surface area contributed by atoms with Gasteiger partial charge in [-0.2, -0.15) is 0 Å². The summed E-state index contributed by atoms with van der Waals surface area (Å²) >= 11 is 1.83. The van der Waals surface area contributed by atoms with Gasteiger partial charge in [-0.25, -0.2) is 0 Å². The number of fused-ring (bicyclic) bond motifs is 1. The second-order valence-electron chi connectivity index (χ2n) is 7.38. The molecule has 1 fully saturated rings. The summed E-state index contributed by atoms with van der Waals surface area (Å²) in [7, 11) is 0. The monoisotopic (exact) mass is 392 g/mol. The third-order valence-electron chi connectivity index (χ3n) is 5.01. The highest BCUT2D eigenvalue weighted by atomic mass is 32.2. The van der Waals surface area contributed by atoms with Crippen molar-refractivity contribution in [3.05, 3.63) is 65.7 Å². The number of para-hydroxylation sites is 1. The van der Waals surface area contributed by atoms with Crippen LogP contribution in [0.5, 0.6) is 0 Å². The predicted octanol–water partition coefficient (Wildman–Crippen LogP) is 4.51. The first-order chi connectivity index (χ1) is 13.6. The molecule has 0 aromatic heterocycles. The van der Waals surface area contributed by atoms with Crippen molar-refractivity contribution in [2.24, 2.45) is 0 Å². The molecule has 1 atom stereocenters. The molecule has 2 aromatic carbocycles. The quantitative estimate of drug-likeness (QED) is 0.779. The number of hydrogen-bond donors (Lipinski definition) is 1. The number of amides is 2. The highest BCUT2D eigenvalue weighted by Crippen LogP contribution is 2.37. The van der Waals surface area contributed by atoms with Crippen molar-refractivity contribution >= 4 is 35.3 Å². The molecule has 1 aliphatic heterocycles. The van der Waals surface area contributed by atoms with Crippen LogP contribution in [0.3, 0.4) is 0 Å². The van der Waals surface area contributed by atoms with Crippen LogP contribution in [-0.4, -0.2) is 29.7 Å². The topological polar surface area (TPSA) is 49.4 Å². The van der Waals surface area contributed by atoms with Gasteiger partial charge >= 0.3 is 0 Å². The van der Waals surface area contributed by atoms with Gasteiger partial charge in [0.05, 0.1) is 5.69 Å². The second-order valence-corrected chi connectivity index (χ2v) is 8.86. The fourth-order valence-electron chi connectivity index (χ4n) is 3.22. The zero-order valence-electron chi connectivity index (χ0n) is 15.9. The zero-order chi connectivity index (χ0) is 19.5. The maximum absolute atomic E-state index is 12.9. The predicted molar refractivity (Wildman–Crippen MR) is 115 cm³/mol. The van der Waals surface area contributed by atoms with Crippen molar-refractivity contribution < 1.29 is 9.59 Å². The Kier molecular flexibility index (Phi) is 5.53. The van der Waals surface area contributed by atoms with Crippen molar-refractivity contribution in [1.82, 2.24) is 5.32 Å². The smallest absolute Gasteiger partial charge is 0.251 e. The van der Waals surface area contributed by atoms with Crippen molar-refractivity contribution in [3.63, 3.8) is 0 Å². The molecule has 1 N–H and O–H groups in total. The molecule has 2 aliphatic rings. The second kappa shape index (κ2) is 8.23. The molecule has 5 heteroatoms. The molecule has 4 rings (SSSR count). The number of hydrogen-bond acceptors (Lipinski definition) is 3. The third kappa shape index (κ3) is 4.47. The van der Waals surface area contributed by atoms with E-state index in [1.165, 1.54) is 0 Å². The summed E-state index contributed by atoms with van der Waals surface area (Å²) in [6.45, 7) is 2.92. The van der Waals surface area contributed by atoms with Gasteiger partial charge in [0.1, 0.15) is 0 Å². The van der Waals surface area contributed by atoms with E-state index in [1.807, 2.05) is 53.1 Å². The van der Waals surface area contributed by atoms with Crippen LogP contribution in [0.1, 0.15) is 42.1 Å². The van der Waals surface area contributed by atoms with E-state index in [1.54, 1.807) is 18.2 Å². The normalized spacial score (nSPS) is 19.2. The Labute approximate surface area is 170 Å². The van der Waals surface area contributed by atoms with Crippen LogP contribution >= 0.6 is 11.8 Å². The summed E-state index contributed by atoms with van der Waals surface area (Å²) in [5.41, 5.74) is 2.55. The molecule has 144 valence electrons. The number of carbonyl (C=O) groups is 2. The Hall–Kier alpha value is -2.53. The Morgan fingerprint density at radius 1 is 1.07 bits per heavy atom. The number of thioether (sulfide) groups is 1. The van der Waals surface area contributed by atoms with Gasteiger partial charge in [-0.1, -0.05) is 31.2 Å². The van der Waals surface area contributed by atoms with Crippen LogP contribution in [0, 0.1) is 0 Å². The van der Waals surface area contributed by atoms with Crippen LogP contribution in [0.15, 0.2) is 59.5 Å². The lowest BCUT2D eigenvalue weighted by Crippen LogP contribution is -2.30. The number of anilines is 1. The summed E-state index contributed by atoms with van der Waals surface area (Å²) in [5.74, 6) is -0.0420. The van der Waals surface area contributed by atoms with E-state index in [0.29, 0.717) is 23.4 Å². The molecule has 28 heavy (non-hydrogen) atoms. The first-order valence-electron chi connectivity index (χ1n) is 9.76. The van der Waals surface area contributed by atoms with Gasteiger partial charge in [0.15, 0.2) is 0 Å². The Bertz CT molecular complexity index is 903. The van der Waals surface area contributed by atoms with Crippen LogP contribution < -0.4 is 10.2 Å². The van der Waals surface area contributed by atoms with Gasteiger partial charge in [-0.3, -0.25) is 9.59 Å². The summed E-state index contributed by atoms with van der Waals surface area (Å²) in [5, 5.41) is 3.47. The Morgan fingerprint density at radius 3 is 2.57 bits per heavy atom. The third-order valence-corrected chi connectivity index (χ3v) is 6.25. The number of nitrogens with one attached hydrogen (secondary N) is 1. The summed E-state index contributed by atoms with van der Waals surface area (Å²) in [6, 6.07) is 15.8. The highest BCUT2D eigenvalue weighted by molar-refractivity contribution is 8.00. The van der Waals surface area contributed by atoms with Crippen LogP contribution in [0.25, 0.3) is 6.08 Å². The first kappa shape index (κ1) is 18.8. The van der Waals surface area contributed by atoms with Gasteiger partial charge in [-0.05, 0) is 55.2 Å². The fourth-order valence-corrected chi connectivity index (χ4v) is 4.33. The molecule has 1 aliphatic carbocycles. The van der Waals surface area contributed by atoms with Crippen molar-refractivity contribution in [1.29, 1.82) is 0 Å². The lowest BCUT2D eigenvalue weighted by molar-refractivity contribution is -0.114. The molecular weight excluding hydrogens is 368 g/mol. The summed E-state index contributed by atoms with van der Waals surface area (Å²) in [6.07, 6.45) is 6.55. The lowest BCUT2D eigenvalue weighted by Gasteiger charge is -2.20. The van der Waals surface area contributed by atoms with E-state index in [4.69, 9.17) is 0 Å². The highest BCUT2D eigenvalue weighted by Gasteiger charge is 2.24. The maximum atomic E-state index is 12.9. The molecule has 0 spiro atoms. The summed E-state index contributed by atoms with van der Waals surface area (Å²) in [4.78, 5) is 27.9. The molecule has 0 radical (unpaired) electrons. The SMILES string of the molecule is CC1CCN(C(=O)/C=C/c2ccc(C(=O)NC3CC3)cc2)c2ccccc2S1. The zero-order valence-corrected chi connectivity index (χ0v) is 16.7. The van der Waals surface area contributed by atoms with Crippen LogP contribution in [0.4, 0.5) is 5.69 Å². The molecule has 4 nitrogen and oxygen atoms in total. The van der Waals surface area contributed by atoms with Gasteiger partial charge in [0, 0.05) is 34.4 Å². The minimum atomic E-state index is -0.0260. The van der Waals surface area contributed by atoms with Gasteiger partial charge in [-0.15, -0.1) is 11.8 Å². The van der Waals surface area contributed by atoms with Crippen molar-refractivity contribution in [3.8, 4) is 0 Å². The lowest BCUT2D eigenvalue weighted by atomic mass is 10.1. The average Bonchev–Trinajstić information content (AvgIpc) is 3.53. The largest absolute Gasteiger partial charge is 0.349 e. The van der Waals surface area contributed by atoms with Crippen LogP contribution in [-0.2, 0) is 4.79 Å². The van der Waals surface area contributed by atoms with E-state index in [0.717, 1.165) is 35.4 Å². The molecule has 0 saturated heterocycles. The molecule has 0 bridgehead atoms. The standard InChI is InChI=1S/C23H24N2O2S/c1-16-14-15-25(20-4-2-3-5-21(20)28-16)22(26)13-8-17-6-9-18(10-7-17)23(27)24-19-11-12-19/h2-10,13,16,19H,11-12,14-15H2,1H3,(H,24,27)/b13-8+. The molecule has 2 aromatic rings. The minimum absolute atomic E-state index is 0.0160. The number of rotatable bonds is 4. The molecule has 2 amide bonds. The van der Waals surface area contributed by atoms with Crippen molar-refractivity contribution in [2.75, 3.05) is 11.4 Å². The minimum Gasteiger partial charge on any atom is -0.349 e. The molecular formula is C23H24N2O2S.